The number of nitrogens with zero attached hydrogens (tertiary/aromatic N) is 2. The van der Waals surface area contributed by atoms with Gasteiger partial charge in [-0.05, 0) is 11.4 Å². The van der Waals surface area contributed by atoms with Gasteiger partial charge in [-0.25, -0.2) is 4.98 Å². The number of hydrogen-bond acceptors (Lipinski definition) is 3. The number of thiophene rings is 1. The number of carboxylic acid groups (broad SMARTS) is 1. The Morgan fingerprint density at radius 3 is 3.12 bits per heavy atom. The Labute approximate surface area is 97.2 Å². The first-order chi connectivity index (χ1) is 7.68. The second kappa shape index (κ2) is 4.49. The monoisotopic (exact) mass is 236 g/mol. The predicted molar refractivity (Wildman–Crippen MR) is 62.3 cm³/mol. The Balaban J connectivity index is 2.23. The highest BCUT2D eigenvalue weighted by molar-refractivity contribution is 7.13. The summed E-state index contributed by atoms with van der Waals surface area (Å²) in [6.45, 7) is 2.14. The SMILES string of the molecule is CC(Cn1ccnc1-c1cccs1)C(=O)O. The fourth-order valence-corrected chi connectivity index (χ4v) is 2.20. The molecule has 1 unspecified atom stereocenters. The summed E-state index contributed by atoms with van der Waals surface area (Å²) in [6.07, 6.45) is 3.51. The van der Waals surface area contributed by atoms with Crippen LogP contribution in [0.25, 0.3) is 10.7 Å². The van der Waals surface area contributed by atoms with Crippen LogP contribution in [-0.4, -0.2) is 20.6 Å². The molecule has 16 heavy (non-hydrogen) atoms. The third-order valence-corrected chi connectivity index (χ3v) is 3.21. The van der Waals surface area contributed by atoms with E-state index >= 15 is 0 Å². The van der Waals surface area contributed by atoms with Crippen LogP contribution in [0, 0.1) is 5.92 Å². The molecule has 4 nitrogen and oxygen atoms in total. The summed E-state index contributed by atoms with van der Waals surface area (Å²) in [6, 6.07) is 3.94. The minimum absolute atomic E-state index is 0.409. The first-order valence-corrected chi connectivity index (χ1v) is 5.84. The molecule has 0 spiro atoms. The molecule has 0 aliphatic heterocycles. The van der Waals surface area contributed by atoms with Gasteiger partial charge >= 0.3 is 5.97 Å². The van der Waals surface area contributed by atoms with Crippen molar-refractivity contribution in [2.45, 2.75) is 13.5 Å². The largest absolute Gasteiger partial charge is 0.481 e. The van der Waals surface area contributed by atoms with E-state index in [-0.39, 0.29) is 0 Å². The molecule has 0 fully saturated rings. The number of carboxylic acids is 1. The van der Waals surface area contributed by atoms with Crippen LogP contribution in [0.1, 0.15) is 6.92 Å². The summed E-state index contributed by atoms with van der Waals surface area (Å²) < 4.78 is 1.88. The summed E-state index contributed by atoms with van der Waals surface area (Å²) >= 11 is 1.60. The van der Waals surface area contributed by atoms with Gasteiger partial charge in [-0.15, -0.1) is 11.3 Å². The Morgan fingerprint density at radius 2 is 2.50 bits per heavy atom. The molecule has 1 N–H and O–H groups in total. The van der Waals surface area contributed by atoms with Crippen LogP contribution in [0.5, 0.6) is 0 Å². The van der Waals surface area contributed by atoms with Gasteiger partial charge in [0.05, 0.1) is 10.8 Å². The Morgan fingerprint density at radius 1 is 1.69 bits per heavy atom. The van der Waals surface area contributed by atoms with E-state index in [2.05, 4.69) is 4.98 Å². The Kier molecular flexibility index (Phi) is 3.05. The van der Waals surface area contributed by atoms with Crippen LogP contribution >= 0.6 is 11.3 Å². The molecule has 5 heteroatoms. The van der Waals surface area contributed by atoms with Gasteiger partial charge in [0.15, 0.2) is 0 Å². The lowest BCUT2D eigenvalue weighted by atomic mass is 10.2. The van der Waals surface area contributed by atoms with E-state index in [9.17, 15) is 4.79 Å². The van der Waals surface area contributed by atoms with Crippen molar-refractivity contribution in [3.05, 3.63) is 29.9 Å². The number of imidazole rings is 1. The molecule has 0 aliphatic carbocycles. The van der Waals surface area contributed by atoms with E-state index in [1.165, 1.54) is 0 Å². The molecule has 84 valence electrons. The van der Waals surface area contributed by atoms with Crippen LogP contribution in [0.3, 0.4) is 0 Å². The fourth-order valence-electron chi connectivity index (χ4n) is 1.46. The minimum atomic E-state index is -0.786. The summed E-state index contributed by atoms with van der Waals surface area (Å²) in [5, 5.41) is 10.9. The average molecular weight is 236 g/mol. The zero-order valence-corrected chi connectivity index (χ0v) is 9.65. The molecular weight excluding hydrogens is 224 g/mol. The summed E-state index contributed by atoms with van der Waals surface area (Å²) in [4.78, 5) is 16.1. The van der Waals surface area contributed by atoms with Crippen molar-refractivity contribution in [3.8, 4) is 10.7 Å². The van der Waals surface area contributed by atoms with Crippen molar-refractivity contribution in [3.63, 3.8) is 0 Å². The molecule has 0 radical (unpaired) electrons. The Hall–Kier alpha value is -1.62. The van der Waals surface area contributed by atoms with Gasteiger partial charge in [0.2, 0.25) is 0 Å². The highest BCUT2D eigenvalue weighted by Crippen LogP contribution is 2.23. The molecule has 2 heterocycles. The van der Waals surface area contributed by atoms with Crippen molar-refractivity contribution >= 4 is 17.3 Å². The van der Waals surface area contributed by atoms with Crippen LogP contribution in [0.2, 0.25) is 0 Å². The molecule has 2 aromatic heterocycles. The normalized spacial score (nSPS) is 12.6. The van der Waals surface area contributed by atoms with Crippen molar-refractivity contribution in [1.82, 2.24) is 9.55 Å². The average Bonchev–Trinajstić information content (AvgIpc) is 2.85. The lowest BCUT2D eigenvalue weighted by Gasteiger charge is -2.09. The van der Waals surface area contributed by atoms with Gasteiger partial charge in [-0.2, -0.15) is 0 Å². The van der Waals surface area contributed by atoms with Gasteiger partial charge in [0.25, 0.3) is 0 Å². The maximum absolute atomic E-state index is 10.8. The van der Waals surface area contributed by atoms with Crippen molar-refractivity contribution in [2.75, 3.05) is 0 Å². The van der Waals surface area contributed by atoms with Crippen LogP contribution < -0.4 is 0 Å². The number of rotatable bonds is 4. The number of hydrogen-bond donors (Lipinski definition) is 1. The van der Waals surface area contributed by atoms with Crippen molar-refractivity contribution < 1.29 is 9.90 Å². The summed E-state index contributed by atoms with van der Waals surface area (Å²) in [5.41, 5.74) is 0. The molecule has 0 aliphatic rings. The molecular formula is C11H12N2O2S. The van der Waals surface area contributed by atoms with E-state index in [4.69, 9.17) is 5.11 Å². The molecule has 2 rings (SSSR count). The third kappa shape index (κ3) is 2.14. The summed E-state index contributed by atoms with van der Waals surface area (Å²) in [5.74, 6) is -0.359. The van der Waals surface area contributed by atoms with E-state index in [1.807, 2.05) is 28.3 Å². The lowest BCUT2D eigenvalue weighted by Crippen LogP contribution is -2.16. The molecule has 0 saturated carbocycles. The van der Waals surface area contributed by atoms with Crippen LogP contribution in [-0.2, 0) is 11.3 Å². The van der Waals surface area contributed by atoms with E-state index in [1.54, 1.807) is 24.5 Å². The van der Waals surface area contributed by atoms with Gasteiger partial charge < -0.3 is 9.67 Å². The van der Waals surface area contributed by atoms with E-state index in [0.29, 0.717) is 6.54 Å². The number of carbonyl (C=O) groups is 1. The molecule has 0 aromatic carbocycles. The zero-order valence-electron chi connectivity index (χ0n) is 8.83. The van der Waals surface area contributed by atoms with E-state index in [0.717, 1.165) is 10.7 Å². The smallest absolute Gasteiger partial charge is 0.308 e. The second-order valence-corrected chi connectivity index (χ2v) is 4.57. The third-order valence-electron chi connectivity index (χ3n) is 2.35. The van der Waals surface area contributed by atoms with Gasteiger partial charge in [0, 0.05) is 18.9 Å². The second-order valence-electron chi connectivity index (χ2n) is 3.62. The number of aromatic nitrogens is 2. The fraction of sp³-hybridized carbons (Fsp3) is 0.273. The maximum Gasteiger partial charge on any atom is 0.308 e. The molecule has 0 bridgehead atoms. The predicted octanol–water partition coefficient (Wildman–Crippen LogP) is 2.33. The minimum Gasteiger partial charge on any atom is -0.481 e. The molecule has 1 atom stereocenters. The van der Waals surface area contributed by atoms with Crippen LogP contribution in [0.4, 0.5) is 0 Å². The highest BCUT2D eigenvalue weighted by Gasteiger charge is 2.14. The van der Waals surface area contributed by atoms with E-state index < -0.39 is 11.9 Å². The highest BCUT2D eigenvalue weighted by atomic mass is 32.1. The standard InChI is InChI=1S/C11H12N2O2S/c1-8(11(14)15)7-13-5-4-12-10(13)9-3-2-6-16-9/h2-6,8H,7H2,1H3,(H,14,15). The zero-order chi connectivity index (χ0) is 11.5. The van der Waals surface area contributed by atoms with Gasteiger partial charge in [-0.1, -0.05) is 13.0 Å². The van der Waals surface area contributed by atoms with Gasteiger partial charge in [-0.3, -0.25) is 4.79 Å². The summed E-state index contributed by atoms with van der Waals surface area (Å²) in [7, 11) is 0. The molecule has 0 saturated heterocycles. The lowest BCUT2D eigenvalue weighted by molar-refractivity contribution is -0.141. The topological polar surface area (TPSA) is 55.1 Å². The maximum atomic E-state index is 10.8. The van der Waals surface area contributed by atoms with Crippen molar-refractivity contribution in [1.29, 1.82) is 0 Å². The quantitative estimate of drug-likeness (QED) is 0.886. The molecule has 2 aromatic rings. The first kappa shape index (κ1) is 10.9. The van der Waals surface area contributed by atoms with Gasteiger partial charge in [0.1, 0.15) is 5.82 Å². The number of aliphatic carboxylic acids is 1. The molecule has 0 amide bonds. The Bertz CT molecular complexity index is 476. The first-order valence-electron chi connectivity index (χ1n) is 4.96. The van der Waals surface area contributed by atoms with Crippen LogP contribution in [0.15, 0.2) is 29.9 Å². The van der Waals surface area contributed by atoms with Crippen molar-refractivity contribution in [2.24, 2.45) is 5.92 Å².